The molecule has 3 aromatic carbocycles. The van der Waals surface area contributed by atoms with Gasteiger partial charge < -0.3 is 16.0 Å². The van der Waals surface area contributed by atoms with Gasteiger partial charge in [0.05, 0.1) is 0 Å². The molecule has 0 atom stereocenters. The van der Waals surface area contributed by atoms with Gasteiger partial charge in [-0.2, -0.15) is 0 Å². The Morgan fingerprint density at radius 1 is 0.882 bits per heavy atom. The standard InChI is InChI=1S/C26H26F3N3O2/c1-26(2,15-30)16-32(25(34)19-11-21(28)13-22(29)12-19)14-17-5-3-8-23(9-17)31-24(33)18-6-4-7-20(27)10-18/h3-13H,14-16,30H2,1-2H3,(H,31,33). The van der Waals surface area contributed by atoms with Gasteiger partial charge in [0.2, 0.25) is 0 Å². The molecule has 0 aliphatic rings. The molecule has 178 valence electrons. The Labute approximate surface area is 196 Å². The molecule has 0 fully saturated rings. The molecule has 3 N–H and O–H groups in total. The Balaban J connectivity index is 1.84. The average molecular weight is 470 g/mol. The van der Waals surface area contributed by atoms with Crippen LogP contribution in [0, 0.1) is 22.9 Å². The Bertz CT molecular complexity index is 1180. The maximum absolute atomic E-state index is 13.7. The Morgan fingerprint density at radius 3 is 2.18 bits per heavy atom. The molecule has 0 radical (unpaired) electrons. The lowest BCUT2D eigenvalue weighted by Gasteiger charge is -2.32. The van der Waals surface area contributed by atoms with Crippen LogP contribution in [-0.4, -0.2) is 29.8 Å². The quantitative estimate of drug-likeness (QED) is 0.488. The molecule has 0 saturated heterocycles. The number of amides is 2. The first kappa shape index (κ1) is 25.0. The van der Waals surface area contributed by atoms with Gasteiger partial charge in [-0.15, -0.1) is 0 Å². The van der Waals surface area contributed by atoms with E-state index in [0.29, 0.717) is 17.3 Å². The molecule has 0 aliphatic carbocycles. The number of hydrogen-bond donors (Lipinski definition) is 2. The Hall–Kier alpha value is -3.65. The monoisotopic (exact) mass is 469 g/mol. The minimum Gasteiger partial charge on any atom is -0.334 e. The van der Waals surface area contributed by atoms with E-state index < -0.39 is 34.7 Å². The summed E-state index contributed by atoms with van der Waals surface area (Å²) in [5, 5.41) is 2.71. The molecule has 0 aliphatic heterocycles. The summed E-state index contributed by atoms with van der Waals surface area (Å²) in [6.07, 6.45) is 0. The van der Waals surface area contributed by atoms with E-state index in [1.54, 1.807) is 24.3 Å². The van der Waals surface area contributed by atoms with Crippen molar-refractivity contribution < 1.29 is 22.8 Å². The van der Waals surface area contributed by atoms with Gasteiger partial charge in [0.1, 0.15) is 17.5 Å². The molecule has 3 rings (SSSR count). The van der Waals surface area contributed by atoms with Crippen LogP contribution >= 0.6 is 0 Å². The molecule has 0 saturated carbocycles. The molecule has 0 heterocycles. The first-order valence-electron chi connectivity index (χ1n) is 10.7. The summed E-state index contributed by atoms with van der Waals surface area (Å²) >= 11 is 0. The number of halogens is 3. The van der Waals surface area contributed by atoms with Crippen molar-refractivity contribution in [3.63, 3.8) is 0 Å². The van der Waals surface area contributed by atoms with Crippen LogP contribution in [0.4, 0.5) is 18.9 Å². The fourth-order valence-corrected chi connectivity index (χ4v) is 3.44. The van der Waals surface area contributed by atoms with Crippen LogP contribution in [0.25, 0.3) is 0 Å². The van der Waals surface area contributed by atoms with Gasteiger partial charge in [-0.1, -0.05) is 32.0 Å². The highest BCUT2D eigenvalue weighted by atomic mass is 19.1. The van der Waals surface area contributed by atoms with Crippen molar-refractivity contribution >= 4 is 17.5 Å². The predicted molar refractivity (Wildman–Crippen MR) is 125 cm³/mol. The summed E-state index contributed by atoms with van der Waals surface area (Å²) in [7, 11) is 0. The zero-order valence-corrected chi connectivity index (χ0v) is 18.9. The molecular formula is C26H26F3N3O2. The number of nitrogens with two attached hydrogens (primary N) is 1. The van der Waals surface area contributed by atoms with Crippen molar-refractivity contribution in [3.05, 3.63) is 101 Å². The van der Waals surface area contributed by atoms with E-state index in [9.17, 15) is 22.8 Å². The highest BCUT2D eigenvalue weighted by Crippen LogP contribution is 2.22. The molecule has 0 unspecified atom stereocenters. The minimum atomic E-state index is -0.844. The Morgan fingerprint density at radius 2 is 1.53 bits per heavy atom. The first-order valence-corrected chi connectivity index (χ1v) is 10.7. The van der Waals surface area contributed by atoms with Gasteiger partial charge in [0, 0.05) is 36.0 Å². The number of hydrogen-bond acceptors (Lipinski definition) is 3. The number of anilines is 1. The molecule has 2 amide bonds. The summed E-state index contributed by atoms with van der Waals surface area (Å²) in [6, 6.07) is 14.8. The van der Waals surface area contributed by atoms with E-state index in [0.717, 1.165) is 18.2 Å². The fraction of sp³-hybridized carbons (Fsp3) is 0.231. The summed E-state index contributed by atoms with van der Waals surface area (Å²) in [5.74, 6) is -3.24. The maximum Gasteiger partial charge on any atom is 0.255 e. The number of benzene rings is 3. The van der Waals surface area contributed by atoms with Crippen molar-refractivity contribution in [1.29, 1.82) is 0 Å². The Kier molecular flexibility index (Phi) is 7.73. The van der Waals surface area contributed by atoms with Crippen LogP contribution in [-0.2, 0) is 6.54 Å². The van der Waals surface area contributed by atoms with Crippen molar-refractivity contribution in [3.8, 4) is 0 Å². The second-order valence-electron chi connectivity index (χ2n) is 8.85. The smallest absolute Gasteiger partial charge is 0.255 e. The van der Waals surface area contributed by atoms with E-state index in [2.05, 4.69) is 5.32 Å². The first-order chi connectivity index (χ1) is 16.1. The van der Waals surface area contributed by atoms with Gasteiger partial charge >= 0.3 is 0 Å². The number of carbonyl (C=O) groups is 2. The van der Waals surface area contributed by atoms with Gasteiger partial charge in [-0.05, 0) is 60.0 Å². The number of carbonyl (C=O) groups excluding carboxylic acids is 2. The minimum absolute atomic E-state index is 0.110. The summed E-state index contributed by atoms with van der Waals surface area (Å²) in [6.45, 7) is 4.41. The second kappa shape index (κ2) is 10.5. The van der Waals surface area contributed by atoms with Crippen LogP contribution in [0.2, 0.25) is 0 Å². The third kappa shape index (κ3) is 6.68. The van der Waals surface area contributed by atoms with Crippen molar-refractivity contribution in [1.82, 2.24) is 4.90 Å². The van der Waals surface area contributed by atoms with Crippen LogP contribution in [0.3, 0.4) is 0 Å². The molecule has 0 spiro atoms. The maximum atomic E-state index is 13.7. The topological polar surface area (TPSA) is 75.4 Å². The van der Waals surface area contributed by atoms with Gasteiger partial charge in [0.15, 0.2) is 0 Å². The summed E-state index contributed by atoms with van der Waals surface area (Å²) in [5.41, 5.74) is 6.58. The molecule has 5 nitrogen and oxygen atoms in total. The van der Waals surface area contributed by atoms with Crippen molar-refractivity contribution in [2.45, 2.75) is 20.4 Å². The van der Waals surface area contributed by atoms with E-state index in [1.165, 1.54) is 23.1 Å². The summed E-state index contributed by atoms with van der Waals surface area (Å²) < 4.78 is 40.9. The van der Waals surface area contributed by atoms with Crippen molar-refractivity contribution in [2.75, 3.05) is 18.4 Å². The van der Waals surface area contributed by atoms with E-state index in [1.807, 2.05) is 13.8 Å². The molecule has 3 aromatic rings. The number of nitrogens with one attached hydrogen (secondary N) is 1. The van der Waals surface area contributed by atoms with Crippen LogP contribution < -0.4 is 11.1 Å². The number of rotatable bonds is 8. The zero-order chi connectivity index (χ0) is 24.9. The van der Waals surface area contributed by atoms with Crippen LogP contribution in [0.1, 0.15) is 40.1 Å². The lowest BCUT2D eigenvalue weighted by atomic mass is 9.92. The second-order valence-corrected chi connectivity index (χ2v) is 8.85. The highest BCUT2D eigenvalue weighted by Gasteiger charge is 2.25. The molecule has 0 aromatic heterocycles. The fourth-order valence-electron chi connectivity index (χ4n) is 3.44. The number of nitrogens with zero attached hydrogens (tertiary/aromatic N) is 1. The SMILES string of the molecule is CC(C)(CN)CN(Cc1cccc(NC(=O)c2cccc(F)c2)c1)C(=O)c1cc(F)cc(F)c1. The van der Waals surface area contributed by atoms with Crippen molar-refractivity contribution in [2.24, 2.45) is 11.1 Å². The van der Waals surface area contributed by atoms with E-state index >= 15 is 0 Å². The predicted octanol–water partition coefficient (Wildman–Crippen LogP) is 4.98. The highest BCUT2D eigenvalue weighted by molar-refractivity contribution is 6.04. The third-order valence-electron chi connectivity index (χ3n) is 5.21. The molecule has 34 heavy (non-hydrogen) atoms. The van der Waals surface area contributed by atoms with Gasteiger partial charge in [0.25, 0.3) is 11.8 Å². The van der Waals surface area contributed by atoms with Crippen LogP contribution in [0.5, 0.6) is 0 Å². The lowest BCUT2D eigenvalue weighted by molar-refractivity contribution is 0.0672. The van der Waals surface area contributed by atoms with Gasteiger partial charge in [-0.3, -0.25) is 9.59 Å². The molecule has 0 bridgehead atoms. The summed E-state index contributed by atoms with van der Waals surface area (Å²) in [4.78, 5) is 27.1. The zero-order valence-electron chi connectivity index (χ0n) is 18.9. The largest absolute Gasteiger partial charge is 0.334 e. The molecule has 8 heteroatoms. The van der Waals surface area contributed by atoms with Gasteiger partial charge in [-0.25, -0.2) is 13.2 Å². The van der Waals surface area contributed by atoms with Crippen LogP contribution in [0.15, 0.2) is 66.7 Å². The van der Waals surface area contributed by atoms with E-state index in [-0.39, 0.29) is 30.8 Å². The lowest BCUT2D eigenvalue weighted by Crippen LogP contribution is -2.41. The normalized spacial score (nSPS) is 11.2. The van der Waals surface area contributed by atoms with E-state index in [4.69, 9.17) is 5.73 Å². The molecular weight excluding hydrogens is 443 g/mol. The third-order valence-corrected chi connectivity index (χ3v) is 5.21. The average Bonchev–Trinajstić information content (AvgIpc) is 2.77.